The minimum Gasteiger partial charge on any atom is -0.366 e. The van der Waals surface area contributed by atoms with E-state index in [1.165, 1.54) is 30.0 Å². The quantitative estimate of drug-likeness (QED) is 0.124. The van der Waals surface area contributed by atoms with E-state index in [4.69, 9.17) is 28.9 Å². The Morgan fingerprint density at radius 2 is 1.31 bits per heavy atom. The molecule has 212 valence electrons. The number of nitrogens with one attached hydrogen (secondary N) is 3. The Kier molecular flexibility index (Phi) is 10.4. The molecule has 0 aliphatic carbocycles. The van der Waals surface area contributed by atoms with E-state index in [-0.39, 0.29) is 17.4 Å². The molecule has 0 aromatic heterocycles. The van der Waals surface area contributed by atoms with Crippen LogP contribution in [0.1, 0.15) is 26.3 Å². The molecule has 4 amide bonds. The van der Waals surface area contributed by atoms with E-state index in [9.17, 15) is 19.2 Å². The molecule has 0 saturated heterocycles. The predicted octanol–water partition coefficient (Wildman–Crippen LogP) is 6.23. The second-order valence-corrected chi connectivity index (χ2v) is 10.6. The number of hydrogen-bond donors (Lipinski definition) is 4. The van der Waals surface area contributed by atoms with Crippen LogP contribution in [-0.4, -0.2) is 29.4 Å². The minimum absolute atomic E-state index is 0.0576. The van der Waals surface area contributed by atoms with Crippen LogP contribution in [0.2, 0.25) is 10.0 Å². The van der Waals surface area contributed by atoms with Gasteiger partial charge < -0.3 is 21.7 Å². The lowest BCUT2D eigenvalue weighted by molar-refractivity contribution is -0.114. The van der Waals surface area contributed by atoms with Gasteiger partial charge in [0, 0.05) is 43.0 Å². The van der Waals surface area contributed by atoms with Gasteiger partial charge in [-0.3, -0.25) is 19.2 Å². The SMILES string of the molecule is NC(=O)c1ccc(NC(=O)CSc2ccc(NC(=O)/C(=C/c3c(Cl)cccc3Cl)NC(=O)c3ccccc3)cc2)cc1. The summed E-state index contributed by atoms with van der Waals surface area (Å²) in [6.07, 6.45) is 1.42. The van der Waals surface area contributed by atoms with Gasteiger partial charge in [0.15, 0.2) is 0 Å². The van der Waals surface area contributed by atoms with Gasteiger partial charge in [0.2, 0.25) is 11.8 Å². The van der Waals surface area contributed by atoms with Gasteiger partial charge in [-0.05, 0) is 78.9 Å². The standard InChI is InChI=1S/C31H24Cl2N4O4S/c32-25-7-4-8-26(33)24(25)17-27(37-30(40)20-5-2-1-3-6-20)31(41)36-22-13-15-23(16-14-22)42-18-28(38)35-21-11-9-19(10-12-21)29(34)39/h1-17H,18H2,(H2,34,39)(H,35,38)(H,36,41)(H,37,40)/b27-17-. The number of primary amides is 1. The summed E-state index contributed by atoms with van der Waals surface area (Å²) >= 11 is 13.9. The van der Waals surface area contributed by atoms with Gasteiger partial charge in [-0.15, -0.1) is 11.8 Å². The van der Waals surface area contributed by atoms with Crippen LogP contribution in [0.5, 0.6) is 0 Å². The number of benzene rings is 4. The number of carbonyl (C=O) groups is 4. The summed E-state index contributed by atoms with van der Waals surface area (Å²) in [5.74, 6) is -1.70. The van der Waals surface area contributed by atoms with E-state index >= 15 is 0 Å². The van der Waals surface area contributed by atoms with Crippen molar-refractivity contribution in [1.82, 2.24) is 5.32 Å². The Labute approximate surface area is 256 Å². The third-order valence-electron chi connectivity index (χ3n) is 5.75. The zero-order chi connectivity index (χ0) is 30.1. The normalized spacial score (nSPS) is 11.0. The average Bonchev–Trinajstić information content (AvgIpc) is 2.98. The Morgan fingerprint density at radius 3 is 1.93 bits per heavy atom. The van der Waals surface area contributed by atoms with Crippen molar-refractivity contribution in [1.29, 1.82) is 0 Å². The molecule has 0 saturated carbocycles. The van der Waals surface area contributed by atoms with Crippen molar-refractivity contribution in [2.75, 3.05) is 16.4 Å². The molecule has 42 heavy (non-hydrogen) atoms. The van der Waals surface area contributed by atoms with Crippen LogP contribution in [0.4, 0.5) is 11.4 Å². The smallest absolute Gasteiger partial charge is 0.272 e. The Bertz CT molecular complexity index is 1620. The van der Waals surface area contributed by atoms with Crippen LogP contribution in [0.3, 0.4) is 0 Å². The second kappa shape index (κ2) is 14.4. The molecule has 0 atom stereocenters. The molecule has 0 heterocycles. The summed E-state index contributed by atoms with van der Waals surface area (Å²) in [7, 11) is 0. The van der Waals surface area contributed by atoms with Crippen LogP contribution in [0.25, 0.3) is 6.08 Å². The number of carbonyl (C=O) groups excluding carboxylic acids is 4. The van der Waals surface area contributed by atoms with Crippen LogP contribution in [-0.2, 0) is 9.59 Å². The fourth-order valence-corrected chi connectivity index (χ4v) is 4.84. The molecule has 4 aromatic carbocycles. The van der Waals surface area contributed by atoms with Gasteiger partial charge in [-0.1, -0.05) is 47.5 Å². The highest BCUT2D eigenvalue weighted by atomic mass is 35.5. The molecule has 0 spiro atoms. The number of nitrogens with two attached hydrogens (primary N) is 1. The highest BCUT2D eigenvalue weighted by Crippen LogP contribution is 2.27. The van der Waals surface area contributed by atoms with E-state index in [1.54, 1.807) is 84.9 Å². The fraction of sp³-hybridized carbons (Fsp3) is 0.0323. The van der Waals surface area contributed by atoms with E-state index in [0.717, 1.165) is 4.90 Å². The van der Waals surface area contributed by atoms with Gasteiger partial charge in [0.1, 0.15) is 5.70 Å². The maximum Gasteiger partial charge on any atom is 0.272 e. The molecular weight excluding hydrogens is 595 g/mol. The number of halogens is 2. The van der Waals surface area contributed by atoms with Crippen molar-refractivity contribution in [3.63, 3.8) is 0 Å². The van der Waals surface area contributed by atoms with Crippen LogP contribution in [0, 0.1) is 0 Å². The Hall–Kier alpha value is -4.57. The lowest BCUT2D eigenvalue weighted by Gasteiger charge is -2.13. The highest BCUT2D eigenvalue weighted by Gasteiger charge is 2.17. The minimum atomic E-state index is -0.586. The van der Waals surface area contributed by atoms with Gasteiger partial charge in [0.25, 0.3) is 11.8 Å². The number of anilines is 2. The average molecular weight is 620 g/mol. The lowest BCUT2D eigenvalue weighted by Crippen LogP contribution is -2.30. The largest absolute Gasteiger partial charge is 0.366 e. The molecule has 11 heteroatoms. The topological polar surface area (TPSA) is 130 Å². The van der Waals surface area contributed by atoms with Crippen LogP contribution in [0.15, 0.2) is 108 Å². The van der Waals surface area contributed by atoms with Crippen LogP contribution >= 0.6 is 35.0 Å². The van der Waals surface area contributed by atoms with Crippen molar-refractivity contribution in [3.8, 4) is 0 Å². The summed E-state index contributed by atoms with van der Waals surface area (Å²) in [5, 5.41) is 8.80. The van der Waals surface area contributed by atoms with Gasteiger partial charge in [-0.2, -0.15) is 0 Å². The van der Waals surface area contributed by atoms with E-state index in [1.807, 2.05) is 0 Å². The molecule has 0 aliphatic rings. The molecule has 0 radical (unpaired) electrons. The maximum atomic E-state index is 13.3. The molecule has 4 rings (SSSR count). The van der Waals surface area contributed by atoms with E-state index < -0.39 is 17.7 Å². The molecule has 0 bridgehead atoms. The molecule has 8 nitrogen and oxygen atoms in total. The van der Waals surface area contributed by atoms with Crippen LogP contribution < -0.4 is 21.7 Å². The Morgan fingerprint density at radius 1 is 0.714 bits per heavy atom. The predicted molar refractivity (Wildman–Crippen MR) is 168 cm³/mol. The summed E-state index contributed by atoms with van der Waals surface area (Å²) in [4.78, 5) is 50.4. The molecule has 0 unspecified atom stereocenters. The third kappa shape index (κ3) is 8.47. The summed E-state index contributed by atoms with van der Waals surface area (Å²) in [5.41, 5.74) is 7.29. The first-order valence-corrected chi connectivity index (χ1v) is 14.2. The zero-order valence-electron chi connectivity index (χ0n) is 21.9. The molecule has 4 aromatic rings. The van der Waals surface area contributed by atoms with Gasteiger partial charge >= 0.3 is 0 Å². The van der Waals surface area contributed by atoms with E-state index in [2.05, 4.69) is 16.0 Å². The summed E-state index contributed by atoms with van der Waals surface area (Å²) in [6, 6.07) is 26.6. The van der Waals surface area contributed by atoms with Crippen molar-refractivity contribution in [3.05, 3.63) is 129 Å². The first kappa shape index (κ1) is 30.4. The van der Waals surface area contributed by atoms with Crippen molar-refractivity contribution in [2.24, 2.45) is 5.73 Å². The molecule has 0 fully saturated rings. The van der Waals surface area contributed by atoms with Gasteiger partial charge in [0.05, 0.1) is 5.75 Å². The maximum absolute atomic E-state index is 13.3. The lowest BCUT2D eigenvalue weighted by atomic mass is 10.1. The van der Waals surface area contributed by atoms with Crippen molar-refractivity contribution in [2.45, 2.75) is 4.90 Å². The zero-order valence-corrected chi connectivity index (χ0v) is 24.2. The van der Waals surface area contributed by atoms with E-state index in [0.29, 0.717) is 38.1 Å². The molecule has 5 N–H and O–H groups in total. The third-order valence-corrected chi connectivity index (χ3v) is 7.42. The number of amides is 4. The number of thioether (sulfide) groups is 1. The monoisotopic (exact) mass is 618 g/mol. The van der Waals surface area contributed by atoms with Gasteiger partial charge in [-0.25, -0.2) is 0 Å². The summed E-state index contributed by atoms with van der Waals surface area (Å²) < 4.78 is 0. The van der Waals surface area contributed by atoms with Crippen molar-refractivity contribution < 1.29 is 19.2 Å². The molecular formula is C31H24Cl2N4O4S. The number of hydrogen-bond acceptors (Lipinski definition) is 5. The first-order valence-electron chi connectivity index (χ1n) is 12.5. The molecule has 0 aliphatic heterocycles. The fourth-order valence-electron chi connectivity index (χ4n) is 3.63. The number of rotatable bonds is 10. The summed E-state index contributed by atoms with van der Waals surface area (Å²) in [6.45, 7) is 0. The highest BCUT2D eigenvalue weighted by molar-refractivity contribution is 8.00. The van der Waals surface area contributed by atoms with Crippen molar-refractivity contribution >= 4 is 76.0 Å². The Balaban J connectivity index is 1.41. The first-order chi connectivity index (χ1) is 20.2. The second-order valence-electron chi connectivity index (χ2n) is 8.77.